The van der Waals surface area contributed by atoms with Gasteiger partial charge in [-0.15, -0.1) is 0 Å². The first-order chi connectivity index (χ1) is 40.8. The van der Waals surface area contributed by atoms with Crippen molar-refractivity contribution in [1.29, 1.82) is 0 Å². The SMILES string of the molecule is COC1[C@H](O)C(OC2[C@H](OC(=O)[C@]34CCC(C)(C)CC3C3=CCC5C6(C)CC[C@H](O[C@@H]7OC(C)[C@@H](O)[C@H](OC)C7O[C@@H]7OC(CO)[C@H](O)[C@H](O)C7O)C(C)(C)[C@@H]6CCC5(C)[C@]3(C)C[C@@H]4C)OC(C)C(C)[C@@H]2C)OC(C)[C@@H]1O[C@@H]1OC[C@@H](O)[C@H](OC)C1O. The second-order valence-corrected chi connectivity index (χ2v) is 30.4. The minimum atomic E-state index is -1.69. The Labute approximate surface area is 514 Å². The van der Waals surface area contributed by atoms with Gasteiger partial charge >= 0.3 is 5.97 Å². The number of hydrogen-bond donors (Lipinski definition) is 8. The van der Waals surface area contributed by atoms with Crippen LogP contribution in [0, 0.1) is 68.0 Å². The molecule has 5 aliphatic carbocycles. The fourth-order valence-corrected chi connectivity index (χ4v) is 19.4. The summed E-state index contributed by atoms with van der Waals surface area (Å²) < 4.78 is 81.4. The number of ether oxygens (including phenoxy) is 13. The van der Waals surface area contributed by atoms with Crippen molar-refractivity contribution in [3.8, 4) is 0 Å². The second kappa shape index (κ2) is 25.3. The quantitative estimate of drug-likeness (QED) is 0.0684. The fourth-order valence-electron chi connectivity index (χ4n) is 19.4. The number of esters is 1. The zero-order valence-electron chi connectivity index (χ0n) is 54.4. The number of carbonyl (C=O) groups excluding carboxylic acids is 1. The van der Waals surface area contributed by atoms with Crippen LogP contribution in [0.3, 0.4) is 0 Å². The summed E-state index contributed by atoms with van der Waals surface area (Å²) in [5.74, 6) is -0.182. The van der Waals surface area contributed by atoms with Crippen LogP contribution in [0.1, 0.15) is 148 Å². The predicted octanol–water partition coefficient (Wildman–Crippen LogP) is 4.27. The van der Waals surface area contributed by atoms with E-state index in [-0.39, 0.29) is 76.0 Å². The average Bonchev–Trinajstić information content (AvgIpc) is 0.678. The Hall–Kier alpha value is -1.59. The molecule has 10 aliphatic rings. The summed E-state index contributed by atoms with van der Waals surface area (Å²) >= 11 is 0. The van der Waals surface area contributed by atoms with E-state index in [1.807, 2.05) is 13.8 Å². The Morgan fingerprint density at radius 3 is 1.84 bits per heavy atom. The predicted molar refractivity (Wildman–Crippen MR) is 310 cm³/mol. The van der Waals surface area contributed by atoms with Crippen LogP contribution in [0.5, 0.6) is 0 Å². The lowest BCUT2D eigenvalue weighted by Gasteiger charge is -2.72. The maximum absolute atomic E-state index is 15.9. The molecular weight excluding hydrogens is 1130 g/mol. The number of methoxy groups -OCH3 is 3. The van der Waals surface area contributed by atoms with Crippen LogP contribution < -0.4 is 0 Å². The number of carbonyl (C=O) groups is 1. The van der Waals surface area contributed by atoms with Gasteiger partial charge in [0.25, 0.3) is 0 Å². The molecule has 5 saturated heterocycles. The van der Waals surface area contributed by atoms with Crippen LogP contribution in [-0.2, 0) is 66.4 Å². The van der Waals surface area contributed by atoms with E-state index in [4.69, 9.17) is 61.6 Å². The molecule has 5 heterocycles. The number of aliphatic hydroxyl groups is 8. The molecule has 4 saturated carbocycles. The number of aliphatic hydroxyl groups excluding tert-OH is 8. The molecule has 22 heteroatoms. The van der Waals surface area contributed by atoms with E-state index in [0.717, 1.165) is 44.9 Å². The van der Waals surface area contributed by atoms with Crippen LogP contribution in [-0.4, -0.2) is 223 Å². The van der Waals surface area contributed by atoms with Gasteiger partial charge in [-0.2, -0.15) is 0 Å². The van der Waals surface area contributed by atoms with Crippen molar-refractivity contribution >= 4 is 5.97 Å². The molecule has 0 aromatic rings. The van der Waals surface area contributed by atoms with Gasteiger partial charge in [0.2, 0.25) is 6.29 Å². The molecular formula is C65H108O22. The van der Waals surface area contributed by atoms with Crippen molar-refractivity contribution in [3.05, 3.63) is 11.6 Å². The molecule has 10 rings (SSSR count). The van der Waals surface area contributed by atoms with E-state index in [1.165, 1.54) is 26.9 Å². The first-order valence-corrected chi connectivity index (χ1v) is 32.5. The number of hydrogen-bond acceptors (Lipinski definition) is 22. The lowest BCUT2D eigenvalue weighted by Crippen LogP contribution is -2.67. The lowest BCUT2D eigenvalue weighted by atomic mass is 9.32. The highest BCUT2D eigenvalue weighted by molar-refractivity contribution is 5.79. The van der Waals surface area contributed by atoms with Crippen molar-refractivity contribution < 1.29 is 107 Å². The van der Waals surface area contributed by atoms with Crippen LogP contribution in [0.25, 0.3) is 0 Å². The van der Waals surface area contributed by atoms with Gasteiger partial charge in [-0.3, -0.25) is 4.79 Å². The average molecular weight is 1240 g/mol. The Bertz CT molecular complexity index is 2410. The number of fused-ring (bicyclic) bond motifs is 7. The molecule has 22 nitrogen and oxygen atoms in total. The first kappa shape index (κ1) is 68.3. The van der Waals surface area contributed by atoms with Crippen molar-refractivity contribution in [2.75, 3.05) is 34.5 Å². The molecule has 0 spiro atoms. The van der Waals surface area contributed by atoms with Crippen molar-refractivity contribution in [3.63, 3.8) is 0 Å². The minimum absolute atomic E-state index is 0.0261. The van der Waals surface area contributed by atoms with E-state index in [0.29, 0.717) is 18.8 Å². The third kappa shape index (κ3) is 11.4. The van der Waals surface area contributed by atoms with Crippen LogP contribution in [0.15, 0.2) is 11.6 Å². The van der Waals surface area contributed by atoms with E-state index < -0.39 is 147 Å². The van der Waals surface area contributed by atoms with Crippen LogP contribution >= 0.6 is 0 Å². The Balaban J connectivity index is 0.883. The number of allylic oxidation sites excluding steroid dienone is 2. The Morgan fingerprint density at radius 2 is 1.17 bits per heavy atom. The lowest BCUT2D eigenvalue weighted by molar-refractivity contribution is -0.377. The summed E-state index contributed by atoms with van der Waals surface area (Å²) in [5, 5.41) is 86.9. The van der Waals surface area contributed by atoms with E-state index in [9.17, 15) is 40.9 Å². The van der Waals surface area contributed by atoms with Crippen molar-refractivity contribution in [2.45, 2.75) is 289 Å². The van der Waals surface area contributed by atoms with Crippen LogP contribution in [0.2, 0.25) is 0 Å². The molecule has 8 N–H and O–H groups in total. The normalized spacial score (nSPS) is 54.0. The van der Waals surface area contributed by atoms with Gasteiger partial charge in [0.1, 0.15) is 85.5 Å². The van der Waals surface area contributed by atoms with Gasteiger partial charge in [-0.05, 0) is 141 Å². The highest BCUT2D eigenvalue weighted by atomic mass is 16.8. The van der Waals surface area contributed by atoms with E-state index >= 15 is 4.79 Å². The number of rotatable bonds is 14. The summed E-state index contributed by atoms with van der Waals surface area (Å²) in [6, 6.07) is 0. The molecule has 5 aliphatic heterocycles. The van der Waals surface area contributed by atoms with Gasteiger partial charge in [0.15, 0.2) is 25.2 Å². The van der Waals surface area contributed by atoms with Crippen molar-refractivity contribution in [1.82, 2.24) is 0 Å². The molecule has 15 unspecified atom stereocenters. The molecule has 33 atom stereocenters. The summed E-state index contributed by atoms with van der Waals surface area (Å²) in [7, 11) is 4.28. The van der Waals surface area contributed by atoms with E-state index in [1.54, 1.807) is 13.8 Å². The monoisotopic (exact) mass is 1240 g/mol. The van der Waals surface area contributed by atoms with Gasteiger partial charge < -0.3 is 102 Å². The zero-order chi connectivity index (χ0) is 63.6. The highest BCUT2D eigenvalue weighted by Crippen LogP contribution is 2.77. The molecule has 87 heavy (non-hydrogen) atoms. The Morgan fingerprint density at radius 1 is 0.563 bits per heavy atom. The van der Waals surface area contributed by atoms with E-state index in [2.05, 4.69) is 68.4 Å². The van der Waals surface area contributed by atoms with Gasteiger partial charge in [-0.1, -0.05) is 80.9 Å². The standard InChI is InChI=1S/C65H108O22/c1-29-25-64(13)35(17-18-40-62(11)21-20-41(61(9,10)39(62)19-22-63(40,64)12)83-58-53(51(76-15)42(68)33(5)80-58)86-55-45(71)44(70)43(69)38(27-66)82-55)36-26-60(7,8)23-24-65(29,36)59(74)87-57-48(31(3)30(2)32(4)79-57)84-56-47(73)52(77-16)49(34(6)81-56)85-54-46(72)50(75-14)37(67)28-78-54/h17,29-34,36-58,66-73H,18-28H2,1-16H3/t29-,30?,31-,32?,33?,34?,36?,37+,38?,39-,40?,41-,42+,43-,44-,45?,46?,47-,48?,49-,50-,51-,52?,53?,54-,55-,56?,57-,58-,62?,63?,64+,65-/m0/s1. The molecule has 0 amide bonds. The van der Waals surface area contributed by atoms with Gasteiger partial charge in [0, 0.05) is 21.3 Å². The third-order valence-corrected chi connectivity index (χ3v) is 25.1. The van der Waals surface area contributed by atoms with Gasteiger partial charge in [-0.25, -0.2) is 0 Å². The topological polar surface area (TPSA) is 299 Å². The Kier molecular flexibility index (Phi) is 19.8. The third-order valence-electron chi connectivity index (χ3n) is 25.1. The maximum atomic E-state index is 15.9. The first-order valence-electron chi connectivity index (χ1n) is 32.5. The maximum Gasteiger partial charge on any atom is 0.315 e. The molecule has 0 radical (unpaired) electrons. The van der Waals surface area contributed by atoms with Gasteiger partial charge in [0.05, 0.1) is 43.0 Å². The van der Waals surface area contributed by atoms with Crippen LogP contribution in [0.4, 0.5) is 0 Å². The highest BCUT2D eigenvalue weighted by Gasteiger charge is 2.72. The summed E-state index contributed by atoms with van der Waals surface area (Å²) in [4.78, 5) is 15.9. The molecule has 500 valence electrons. The molecule has 0 aromatic heterocycles. The summed E-state index contributed by atoms with van der Waals surface area (Å²) in [5.41, 5.74) is -0.457. The molecule has 0 aromatic carbocycles. The molecule has 0 bridgehead atoms. The smallest absolute Gasteiger partial charge is 0.315 e. The summed E-state index contributed by atoms with van der Waals surface area (Å²) in [6.45, 7) is 27.8. The zero-order valence-corrected chi connectivity index (χ0v) is 54.4. The van der Waals surface area contributed by atoms with Crippen molar-refractivity contribution in [2.24, 2.45) is 68.0 Å². The fraction of sp³-hybridized carbons (Fsp3) is 0.954. The minimum Gasteiger partial charge on any atom is -0.432 e. The largest absolute Gasteiger partial charge is 0.432 e. The summed E-state index contributed by atoms with van der Waals surface area (Å²) in [6.07, 6.45) is -15.2. The second-order valence-electron chi connectivity index (χ2n) is 30.4. The molecule has 9 fully saturated rings.